The molecule has 0 unspecified atom stereocenters. The highest BCUT2D eigenvalue weighted by atomic mass is 79.9. The number of aromatic nitrogens is 1. The molecule has 88 valence electrons. The molecule has 1 aromatic carbocycles. The Morgan fingerprint density at radius 1 is 1.29 bits per heavy atom. The third-order valence-electron chi connectivity index (χ3n) is 2.17. The van der Waals surface area contributed by atoms with Gasteiger partial charge in [-0.2, -0.15) is 0 Å². The lowest BCUT2D eigenvalue weighted by atomic mass is 10.2. The number of pyridine rings is 1. The van der Waals surface area contributed by atoms with Gasteiger partial charge in [-0.25, -0.2) is 4.98 Å². The molecule has 0 saturated carbocycles. The van der Waals surface area contributed by atoms with Crippen LogP contribution in [0.2, 0.25) is 5.02 Å². The summed E-state index contributed by atoms with van der Waals surface area (Å²) in [6.07, 6.45) is 1.77. The Balaban J connectivity index is 2.04. The molecule has 0 bridgehead atoms. The minimum atomic E-state index is 0.538. The van der Waals surface area contributed by atoms with Crippen LogP contribution in [0.1, 0.15) is 5.56 Å². The van der Waals surface area contributed by atoms with Gasteiger partial charge in [-0.05, 0) is 29.8 Å². The minimum absolute atomic E-state index is 0.538. The van der Waals surface area contributed by atoms with E-state index < -0.39 is 0 Å². The smallest absolute Gasteiger partial charge is 0.123 e. The third kappa shape index (κ3) is 3.63. The second-order valence-corrected chi connectivity index (χ2v) is 5.81. The molecule has 2 nitrogen and oxygen atoms in total. The molecular formula is C12H10BrClN2S. The Morgan fingerprint density at radius 2 is 2.12 bits per heavy atom. The van der Waals surface area contributed by atoms with E-state index in [-0.39, 0.29) is 0 Å². The number of hydrogen-bond acceptors (Lipinski definition) is 3. The first-order valence-corrected chi connectivity index (χ1v) is 7.09. The van der Waals surface area contributed by atoms with Crippen molar-refractivity contribution in [1.29, 1.82) is 0 Å². The lowest BCUT2D eigenvalue weighted by molar-refractivity contribution is 1.24. The monoisotopic (exact) mass is 328 g/mol. The molecule has 0 spiro atoms. The molecule has 1 heterocycles. The molecule has 0 aliphatic heterocycles. The molecule has 2 N–H and O–H groups in total. The van der Waals surface area contributed by atoms with Gasteiger partial charge < -0.3 is 5.73 Å². The van der Waals surface area contributed by atoms with Crippen LogP contribution in [0, 0.1) is 0 Å². The predicted molar refractivity (Wildman–Crippen MR) is 77.4 cm³/mol. The molecule has 0 saturated heterocycles. The summed E-state index contributed by atoms with van der Waals surface area (Å²) in [4.78, 5) is 5.13. The summed E-state index contributed by atoms with van der Waals surface area (Å²) in [6.45, 7) is 0. The number of nitrogen functional groups attached to an aromatic ring is 1. The van der Waals surface area contributed by atoms with E-state index in [0.29, 0.717) is 5.82 Å². The van der Waals surface area contributed by atoms with Gasteiger partial charge in [0.2, 0.25) is 0 Å². The van der Waals surface area contributed by atoms with Gasteiger partial charge in [-0.15, -0.1) is 11.8 Å². The van der Waals surface area contributed by atoms with Crippen molar-refractivity contribution in [2.75, 3.05) is 5.73 Å². The summed E-state index contributed by atoms with van der Waals surface area (Å²) in [5.74, 6) is 1.36. The van der Waals surface area contributed by atoms with Crippen LogP contribution in [0.25, 0.3) is 0 Å². The summed E-state index contributed by atoms with van der Waals surface area (Å²) in [6, 6.07) is 9.66. The van der Waals surface area contributed by atoms with E-state index in [1.807, 2.05) is 24.3 Å². The number of hydrogen-bond donors (Lipinski definition) is 1. The molecule has 0 amide bonds. The quantitative estimate of drug-likeness (QED) is 0.850. The summed E-state index contributed by atoms with van der Waals surface area (Å²) in [5.41, 5.74) is 6.64. The Hall–Kier alpha value is -0.710. The zero-order valence-electron chi connectivity index (χ0n) is 8.86. The lowest BCUT2D eigenvalue weighted by Gasteiger charge is -2.05. The van der Waals surface area contributed by atoms with E-state index in [2.05, 4.69) is 20.9 Å². The van der Waals surface area contributed by atoms with Crippen LogP contribution in [-0.2, 0) is 5.75 Å². The molecule has 2 aromatic rings. The molecule has 0 aliphatic rings. The topological polar surface area (TPSA) is 38.9 Å². The number of anilines is 1. The molecule has 0 radical (unpaired) electrons. The van der Waals surface area contributed by atoms with E-state index in [0.717, 1.165) is 25.7 Å². The van der Waals surface area contributed by atoms with Crippen LogP contribution in [0.5, 0.6) is 0 Å². The van der Waals surface area contributed by atoms with Crippen LogP contribution in [-0.4, -0.2) is 4.98 Å². The van der Waals surface area contributed by atoms with Crippen LogP contribution in [0.15, 0.2) is 45.9 Å². The number of nitrogens with two attached hydrogens (primary N) is 1. The zero-order valence-corrected chi connectivity index (χ0v) is 12.0. The first-order valence-electron chi connectivity index (χ1n) is 4.93. The van der Waals surface area contributed by atoms with Gasteiger partial charge in [-0.1, -0.05) is 33.6 Å². The first-order chi connectivity index (χ1) is 8.15. The van der Waals surface area contributed by atoms with Gasteiger partial charge in [0.25, 0.3) is 0 Å². The van der Waals surface area contributed by atoms with Gasteiger partial charge in [0, 0.05) is 26.3 Å². The van der Waals surface area contributed by atoms with Gasteiger partial charge >= 0.3 is 0 Å². The molecule has 1 aromatic heterocycles. The van der Waals surface area contributed by atoms with Crippen LogP contribution in [0.3, 0.4) is 0 Å². The van der Waals surface area contributed by atoms with Crippen molar-refractivity contribution in [3.8, 4) is 0 Å². The fraction of sp³-hybridized carbons (Fsp3) is 0.0833. The zero-order chi connectivity index (χ0) is 12.3. The maximum absolute atomic E-state index is 6.14. The Bertz CT molecular complexity index is 516. The SMILES string of the molecule is Nc1ccc(SCc2ccc(Br)cc2Cl)cn1. The highest BCUT2D eigenvalue weighted by molar-refractivity contribution is 9.10. The molecule has 2 rings (SSSR count). The number of thioether (sulfide) groups is 1. The van der Waals surface area contributed by atoms with Crippen LogP contribution in [0.4, 0.5) is 5.82 Å². The van der Waals surface area contributed by atoms with E-state index in [1.165, 1.54) is 0 Å². The van der Waals surface area contributed by atoms with Crippen molar-refractivity contribution in [2.45, 2.75) is 10.6 Å². The summed E-state index contributed by atoms with van der Waals surface area (Å²) < 4.78 is 0.991. The molecule has 0 aliphatic carbocycles. The molecular weight excluding hydrogens is 320 g/mol. The first kappa shape index (κ1) is 12.7. The highest BCUT2D eigenvalue weighted by Gasteiger charge is 2.02. The van der Waals surface area contributed by atoms with Gasteiger partial charge in [0.05, 0.1) is 0 Å². The van der Waals surface area contributed by atoms with Crippen molar-refractivity contribution in [3.63, 3.8) is 0 Å². The number of halogens is 2. The van der Waals surface area contributed by atoms with Crippen molar-refractivity contribution in [1.82, 2.24) is 4.98 Å². The molecule has 0 fully saturated rings. The Morgan fingerprint density at radius 3 is 2.76 bits per heavy atom. The lowest BCUT2D eigenvalue weighted by Crippen LogP contribution is -1.88. The van der Waals surface area contributed by atoms with Crippen LogP contribution < -0.4 is 5.73 Å². The second kappa shape index (κ2) is 5.76. The average molecular weight is 330 g/mol. The van der Waals surface area contributed by atoms with E-state index in [9.17, 15) is 0 Å². The third-order valence-corrected chi connectivity index (χ3v) is 4.04. The maximum Gasteiger partial charge on any atom is 0.123 e. The van der Waals surface area contributed by atoms with Gasteiger partial charge in [0.15, 0.2) is 0 Å². The summed E-state index contributed by atoms with van der Waals surface area (Å²) in [5, 5.41) is 0.773. The minimum Gasteiger partial charge on any atom is -0.384 e. The van der Waals surface area contributed by atoms with Gasteiger partial charge in [-0.3, -0.25) is 0 Å². The largest absolute Gasteiger partial charge is 0.384 e. The van der Waals surface area contributed by atoms with Crippen molar-refractivity contribution in [3.05, 3.63) is 51.6 Å². The fourth-order valence-electron chi connectivity index (χ4n) is 1.28. The second-order valence-electron chi connectivity index (χ2n) is 3.44. The van der Waals surface area contributed by atoms with Gasteiger partial charge in [0.1, 0.15) is 5.82 Å². The standard InChI is InChI=1S/C12H10BrClN2S/c13-9-2-1-8(11(14)5-9)7-17-10-3-4-12(15)16-6-10/h1-6H,7H2,(H2,15,16). The van der Waals surface area contributed by atoms with Crippen LogP contribution >= 0.6 is 39.3 Å². The number of nitrogens with zero attached hydrogens (tertiary/aromatic N) is 1. The summed E-state index contributed by atoms with van der Waals surface area (Å²) >= 11 is 11.2. The average Bonchev–Trinajstić information content (AvgIpc) is 2.30. The summed E-state index contributed by atoms with van der Waals surface area (Å²) in [7, 11) is 0. The Labute approximate surface area is 118 Å². The number of benzene rings is 1. The molecule has 5 heteroatoms. The molecule has 0 atom stereocenters. The van der Waals surface area contributed by atoms with E-state index in [1.54, 1.807) is 24.0 Å². The normalized spacial score (nSPS) is 10.5. The highest BCUT2D eigenvalue weighted by Crippen LogP contribution is 2.28. The Kier molecular flexibility index (Phi) is 4.31. The predicted octanol–water partition coefficient (Wildman–Crippen LogP) is 4.37. The number of rotatable bonds is 3. The fourth-order valence-corrected chi connectivity index (χ4v) is 2.96. The van der Waals surface area contributed by atoms with Crippen molar-refractivity contribution >= 4 is 45.1 Å². The van der Waals surface area contributed by atoms with E-state index >= 15 is 0 Å². The maximum atomic E-state index is 6.14. The molecule has 17 heavy (non-hydrogen) atoms. The van der Waals surface area contributed by atoms with E-state index in [4.69, 9.17) is 17.3 Å². The van der Waals surface area contributed by atoms with Crippen molar-refractivity contribution in [2.24, 2.45) is 0 Å². The van der Waals surface area contributed by atoms with Crippen molar-refractivity contribution < 1.29 is 0 Å².